The quantitative estimate of drug-likeness (QED) is 0.142. The highest BCUT2D eigenvalue weighted by molar-refractivity contribution is 7.98. The van der Waals surface area contributed by atoms with Crippen molar-refractivity contribution in [3.8, 4) is 11.1 Å². The lowest BCUT2D eigenvalue weighted by Gasteiger charge is -2.13. The molecule has 3 aromatic carbocycles. The first-order valence-electron chi connectivity index (χ1n) is 12.9. The number of Topliss-reactive ketones (excluding diaryl/α,β-unsaturated/α-hetero) is 1. The van der Waals surface area contributed by atoms with Gasteiger partial charge in [0.05, 0.1) is 4.90 Å². The summed E-state index contributed by atoms with van der Waals surface area (Å²) >= 11 is 1.34. The number of hydrogen-bond acceptors (Lipinski definition) is 6. The molecule has 0 atom stereocenters. The van der Waals surface area contributed by atoms with Crippen LogP contribution in [-0.4, -0.2) is 35.9 Å². The zero-order chi connectivity index (χ0) is 28.7. The number of amides is 1. The predicted octanol–water partition coefficient (Wildman–Crippen LogP) is 4.81. The average molecular weight is 577 g/mol. The van der Waals surface area contributed by atoms with E-state index in [0.717, 1.165) is 29.8 Å². The van der Waals surface area contributed by atoms with Crippen LogP contribution in [0.4, 0.5) is 0 Å². The second-order valence-corrected chi connectivity index (χ2v) is 11.6. The number of aryl methyl sites for hydroxylation is 1. The molecule has 1 amide bonds. The van der Waals surface area contributed by atoms with Gasteiger partial charge in [0.25, 0.3) is 11.7 Å². The number of hydrogen-bond donors (Lipinski definition) is 2. The molecule has 1 heterocycles. The number of thioether (sulfide) groups is 1. The number of nitrogens with zero attached hydrogens (tertiary/aromatic N) is 2. The van der Waals surface area contributed by atoms with E-state index in [9.17, 15) is 18.0 Å². The normalized spacial score (nSPS) is 11.4. The summed E-state index contributed by atoms with van der Waals surface area (Å²) in [5.74, 6) is -0.569. The van der Waals surface area contributed by atoms with Crippen LogP contribution in [0, 0.1) is 0 Å². The lowest BCUT2D eigenvalue weighted by atomic mass is 10.0. The van der Waals surface area contributed by atoms with Crippen LogP contribution in [0.3, 0.4) is 0 Å². The number of sulfonamides is 1. The number of nitrogens with one attached hydrogen (secondary N) is 1. The number of imidazole rings is 1. The molecule has 0 saturated carbocycles. The van der Waals surface area contributed by atoms with Gasteiger partial charge in [0.1, 0.15) is 16.5 Å². The first-order valence-corrected chi connectivity index (χ1v) is 15.7. The molecule has 0 unspecified atom stereocenters. The van der Waals surface area contributed by atoms with Gasteiger partial charge in [-0.05, 0) is 35.4 Å². The van der Waals surface area contributed by atoms with Gasteiger partial charge in [0.2, 0.25) is 10.0 Å². The van der Waals surface area contributed by atoms with Crippen LogP contribution in [0.25, 0.3) is 11.1 Å². The Balaban J connectivity index is 1.65. The van der Waals surface area contributed by atoms with Crippen molar-refractivity contribution >= 4 is 33.5 Å². The van der Waals surface area contributed by atoms with E-state index in [1.165, 1.54) is 17.8 Å². The summed E-state index contributed by atoms with van der Waals surface area (Å²) in [6, 6.07) is 23.4. The van der Waals surface area contributed by atoms with Crippen LogP contribution in [0.1, 0.15) is 47.2 Å². The Morgan fingerprint density at radius 1 is 0.950 bits per heavy atom. The van der Waals surface area contributed by atoms with E-state index in [-0.39, 0.29) is 17.1 Å². The number of nitrogens with two attached hydrogens (primary N) is 1. The van der Waals surface area contributed by atoms with Crippen molar-refractivity contribution in [3.63, 3.8) is 0 Å². The number of benzene rings is 3. The van der Waals surface area contributed by atoms with Crippen LogP contribution in [0.15, 0.2) is 88.8 Å². The third-order valence-corrected chi connectivity index (χ3v) is 8.12. The van der Waals surface area contributed by atoms with Gasteiger partial charge in [-0.2, -0.15) is 0 Å². The Bertz CT molecular complexity index is 1600. The van der Waals surface area contributed by atoms with Crippen LogP contribution in [0.2, 0.25) is 0 Å². The Morgan fingerprint density at radius 2 is 1.62 bits per heavy atom. The maximum absolute atomic E-state index is 13.5. The number of primary sulfonamides is 1. The molecule has 0 fully saturated rings. The molecule has 0 spiro atoms. The fourth-order valence-electron chi connectivity index (χ4n) is 4.42. The van der Waals surface area contributed by atoms with Crippen molar-refractivity contribution in [3.05, 3.63) is 102 Å². The van der Waals surface area contributed by atoms with Crippen LogP contribution >= 0.6 is 11.8 Å². The summed E-state index contributed by atoms with van der Waals surface area (Å²) in [4.78, 5) is 31.2. The van der Waals surface area contributed by atoms with Gasteiger partial charge in [-0.25, -0.2) is 18.5 Å². The summed E-state index contributed by atoms with van der Waals surface area (Å²) in [7, 11) is -3.89. The topological polar surface area (TPSA) is 124 Å². The second-order valence-electron chi connectivity index (χ2n) is 9.31. The first-order chi connectivity index (χ1) is 19.2. The molecule has 0 saturated heterocycles. The standard InChI is InChI=1S/C30H32N4O4S2/c1-3-4-14-26-33-30(39-2)27(28(35)29(36)32-19-21-10-6-5-7-11-21)34(26)20-22-15-17-23(18-16-22)24-12-8-9-13-25(24)40(31,37)38/h5-13,15-18H,3-4,14,19-20H2,1-2H3,(H,32,36)(H2,31,37,38). The Kier molecular flexibility index (Phi) is 9.57. The maximum atomic E-state index is 13.5. The second kappa shape index (κ2) is 13.1. The number of carbonyl (C=O) groups is 2. The van der Waals surface area contributed by atoms with Gasteiger partial charge < -0.3 is 9.88 Å². The molecular weight excluding hydrogens is 544 g/mol. The SMILES string of the molecule is CCCCc1nc(SC)c(C(=O)C(=O)NCc2ccccc2)n1Cc1ccc(-c2ccccc2S(N)(=O)=O)cc1. The van der Waals surface area contributed by atoms with Crippen LogP contribution < -0.4 is 10.5 Å². The van der Waals surface area contributed by atoms with Crippen molar-refractivity contribution in [2.24, 2.45) is 5.14 Å². The molecule has 4 rings (SSSR count). The number of aromatic nitrogens is 2. The van der Waals surface area contributed by atoms with Gasteiger partial charge in [-0.1, -0.05) is 86.1 Å². The van der Waals surface area contributed by atoms with Crippen molar-refractivity contribution in [1.29, 1.82) is 0 Å². The molecule has 10 heteroatoms. The third-order valence-electron chi connectivity index (χ3n) is 6.48. The van der Waals surface area contributed by atoms with E-state index in [4.69, 9.17) is 10.1 Å². The number of unbranched alkanes of at least 4 members (excludes halogenated alkanes) is 1. The molecule has 0 aliphatic carbocycles. The molecule has 208 valence electrons. The van der Waals surface area contributed by atoms with Crippen LogP contribution in [0.5, 0.6) is 0 Å². The molecule has 0 radical (unpaired) electrons. The van der Waals surface area contributed by atoms with Gasteiger partial charge in [0.15, 0.2) is 0 Å². The average Bonchev–Trinajstić information content (AvgIpc) is 3.31. The Morgan fingerprint density at radius 3 is 2.27 bits per heavy atom. The molecule has 3 N–H and O–H groups in total. The molecule has 0 bridgehead atoms. The molecular formula is C30H32N4O4S2. The molecule has 8 nitrogen and oxygen atoms in total. The highest BCUT2D eigenvalue weighted by Crippen LogP contribution is 2.28. The maximum Gasteiger partial charge on any atom is 0.294 e. The summed E-state index contributed by atoms with van der Waals surface area (Å²) in [6.45, 7) is 2.67. The van der Waals surface area contributed by atoms with E-state index in [1.807, 2.05) is 65.4 Å². The fraction of sp³-hybridized carbons (Fsp3) is 0.233. The Hall–Kier alpha value is -3.73. The molecule has 0 aliphatic heterocycles. The van der Waals surface area contributed by atoms with Gasteiger partial charge in [-0.3, -0.25) is 9.59 Å². The molecule has 4 aromatic rings. The molecule has 40 heavy (non-hydrogen) atoms. The smallest absolute Gasteiger partial charge is 0.294 e. The minimum absolute atomic E-state index is 0.0539. The fourth-order valence-corrected chi connectivity index (χ4v) is 5.78. The lowest BCUT2D eigenvalue weighted by molar-refractivity contribution is -0.117. The number of ketones is 1. The van der Waals surface area contributed by atoms with E-state index in [0.29, 0.717) is 29.1 Å². The van der Waals surface area contributed by atoms with Crippen molar-refractivity contribution < 1.29 is 18.0 Å². The van der Waals surface area contributed by atoms with Crippen molar-refractivity contribution in [2.75, 3.05) is 6.26 Å². The summed E-state index contributed by atoms with van der Waals surface area (Å²) in [6.07, 6.45) is 4.36. The monoisotopic (exact) mass is 576 g/mol. The highest BCUT2D eigenvalue weighted by atomic mass is 32.2. The van der Waals surface area contributed by atoms with Crippen molar-refractivity contribution in [2.45, 2.75) is 49.2 Å². The molecule has 1 aromatic heterocycles. The van der Waals surface area contributed by atoms with Gasteiger partial charge in [0, 0.05) is 25.1 Å². The van der Waals surface area contributed by atoms with Gasteiger partial charge >= 0.3 is 0 Å². The highest BCUT2D eigenvalue weighted by Gasteiger charge is 2.27. The Labute approximate surface area is 239 Å². The zero-order valence-corrected chi connectivity index (χ0v) is 24.1. The van der Waals surface area contributed by atoms with E-state index in [1.54, 1.807) is 18.2 Å². The lowest BCUT2D eigenvalue weighted by Crippen LogP contribution is -2.32. The van der Waals surface area contributed by atoms with E-state index < -0.39 is 21.7 Å². The zero-order valence-electron chi connectivity index (χ0n) is 22.5. The first kappa shape index (κ1) is 29.3. The van der Waals surface area contributed by atoms with E-state index >= 15 is 0 Å². The van der Waals surface area contributed by atoms with Crippen molar-refractivity contribution in [1.82, 2.24) is 14.9 Å². The van der Waals surface area contributed by atoms with Gasteiger partial charge in [-0.15, -0.1) is 11.8 Å². The largest absolute Gasteiger partial charge is 0.345 e. The third kappa shape index (κ3) is 6.88. The minimum Gasteiger partial charge on any atom is -0.345 e. The summed E-state index contributed by atoms with van der Waals surface area (Å²) in [5.41, 5.74) is 3.26. The number of carbonyl (C=O) groups excluding carboxylic acids is 2. The van der Waals surface area contributed by atoms with E-state index in [2.05, 4.69) is 12.2 Å². The van der Waals surface area contributed by atoms with Crippen LogP contribution in [-0.2, 0) is 34.3 Å². The molecule has 0 aliphatic rings. The minimum atomic E-state index is -3.89. The number of rotatable bonds is 12. The predicted molar refractivity (Wildman–Crippen MR) is 158 cm³/mol. The summed E-state index contributed by atoms with van der Waals surface area (Å²) in [5, 5.41) is 8.67. The summed E-state index contributed by atoms with van der Waals surface area (Å²) < 4.78 is 26.0.